The summed E-state index contributed by atoms with van der Waals surface area (Å²) in [5.74, 6) is -0.375. The Hall–Kier alpha value is -2.71. The van der Waals surface area contributed by atoms with E-state index in [-0.39, 0.29) is 24.1 Å². The average molecular weight is 361 g/mol. The Kier molecular flexibility index (Phi) is 6.48. The number of likely N-dealkylation sites (N-methyl/N-ethyl adjacent to an activating group) is 1. The van der Waals surface area contributed by atoms with Crippen LogP contribution in [0.2, 0.25) is 0 Å². The van der Waals surface area contributed by atoms with Crippen molar-refractivity contribution in [3.05, 3.63) is 28.8 Å². The van der Waals surface area contributed by atoms with Gasteiger partial charge in [-0.3, -0.25) is 14.3 Å². The maximum atomic E-state index is 12.3. The second kappa shape index (κ2) is 8.59. The van der Waals surface area contributed by atoms with Gasteiger partial charge in [0.25, 0.3) is 5.91 Å². The Morgan fingerprint density at radius 1 is 1.19 bits per heavy atom. The first kappa shape index (κ1) is 19.6. The summed E-state index contributed by atoms with van der Waals surface area (Å²) >= 11 is 0. The van der Waals surface area contributed by atoms with Gasteiger partial charge in [0, 0.05) is 37.4 Å². The molecule has 0 aromatic carbocycles. The molecule has 2 heterocycles. The van der Waals surface area contributed by atoms with Gasteiger partial charge in [-0.05, 0) is 34.6 Å². The lowest BCUT2D eigenvalue weighted by atomic mass is 10.2. The summed E-state index contributed by atoms with van der Waals surface area (Å²) in [5.41, 5.74) is 3.14. The molecular formula is C17H27N7O2. The predicted molar refractivity (Wildman–Crippen MR) is 96.5 cm³/mol. The third kappa shape index (κ3) is 4.27. The van der Waals surface area contributed by atoms with Gasteiger partial charge in [-0.25, -0.2) is 4.68 Å². The van der Waals surface area contributed by atoms with Crippen LogP contribution in [0.4, 0.5) is 0 Å². The summed E-state index contributed by atoms with van der Waals surface area (Å²) in [6.45, 7) is 12.3. The van der Waals surface area contributed by atoms with Crippen LogP contribution in [0, 0.1) is 13.8 Å². The van der Waals surface area contributed by atoms with Crippen LogP contribution in [-0.2, 0) is 24.4 Å². The maximum absolute atomic E-state index is 12.3. The predicted octanol–water partition coefficient (Wildman–Crippen LogP) is 0.910. The largest absolute Gasteiger partial charge is 0.346 e. The third-order valence-electron chi connectivity index (χ3n) is 4.44. The highest BCUT2D eigenvalue weighted by molar-refractivity contribution is 5.91. The number of aryl methyl sites for hydroxylation is 2. The normalized spacial score (nSPS) is 10.8. The lowest BCUT2D eigenvalue weighted by Gasteiger charge is -2.17. The van der Waals surface area contributed by atoms with Crippen molar-refractivity contribution in [2.45, 2.75) is 54.3 Å². The van der Waals surface area contributed by atoms with Gasteiger partial charge in [0.2, 0.25) is 5.91 Å². The first-order chi connectivity index (χ1) is 12.4. The van der Waals surface area contributed by atoms with E-state index in [9.17, 15) is 9.59 Å². The van der Waals surface area contributed by atoms with Gasteiger partial charge in [0.1, 0.15) is 6.54 Å². The molecule has 1 N–H and O–H groups in total. The SMILES string of the molecule is CCN(CC)C(=O)Cn1cc(C(=O)NCc2c(C)nn(CC)c2C)nn1. The highest BCUT2D eigenvalue weighted by atomic mass is 16.2. The molecule has 2 aromatic heterocycles. The highest BCUT2D eigenvalue weighted by Gasteiger charge is 2.16. The molecule has 0 unspecified atom stereocenters. The number of carbonyl (C=O) groups excluding carboxylic acids is 2. The van der Waals surface area contributed by atoms with Crippen LogP contribution >= 0.6 is 0 Å². The van der Waals surface area contributed by atoms with Crippen molar-refractivity contribution in [3.8, 4) is 0 Å². The van der Waals surface area contributed by atoms with Crippen molar-refractivity contribution >= 4 is 11.8 Å². The monoisotopic (exact) mass is 361 g/mol. The lowest BCUT2D eigenvalue weighted by molar-refractivity contribution is -0.131. The van der Waals surface area contributed by atoms with Gasteiger partial charge in [-0.2, -0.15) is 5.10 Å². The van der Waals surface area contributed by atoms with Gasteiger partial charge in [0.15, 0.2) is 5.69 Å². The molecule has 0 saturated carbocycles. The summed E-state index contributed by atoms with van der Waals surface area (Å²) in [6.07, 6.45) is 1.49. The first-order valence-electron chi connectivity index (χ1n) is 8.90. The summed E-state index contributed by atoms with van der Waals surface area (Å²) in [4.78, 5) is 26.1. The molecule has 0 aliphatic rings. The van der Waals surface area contributed by atoms with Gasteiger partial charge in [0.05, 0.1) is 11.9 Å². The van der Waals surface area contributed by atoms with E-state index >= 15 is 0 Å². The van der Waals surface area contributed by atoms with E-state index in [2.05, 4.69) is 20.7 Å². The Bertz CT molecular complexity index is 774. The first-order valence-corrected chi connectivity index (χ1v) is 8.90. The van der Waals surface area contributed by atoms with Crippen molar-refractivity contribution in [2.75, 3.05) is 13.1 Å². The molecule has 2 aromatic rings. The van der Waals surface area contributed by atoms with Crippen molar-refractivity contribution in [3.63, 3.8) is 0 Å². The molecule has 0 atom stereocenters. The van der Waals surface area contributed by atoms with E-state index in [1.165, 1.54) is 10.9 Å². The fourth-order valence-corrected chi connectivity index (χ4v) is 2.85. The van der Waals surface area contributed by atoms with E-state index in [1.807, 2.05) is 39.3 Å². The van der Waals surface area contributed by atoms with Crippen LogP contribution in [0.3, 0.4) is 0 Å². The molecule has 0 saturated heterocycles. The number of hydrogen-bond donors (Lipinski definition) is 1. The summed E-state index contributed by atoms with van der Waals surface area (Å²) in [5, 5.41) is 15.0. The fourth-order valence-electron chi connectivity index (χ4n) is 2.85. The topological polar surface area (TPSA) is 97.9 Å². The van der Waals surface area contributed by atoms with E-state index in [0.29, 0.717) is 19.6 Å². The maximum Gasteiger partial charge on any atom is 0.273 e. The molecule has 0 radical (unpaired) electrons. The van der Waals surface area contributed by atoms with Crippen molar-refractivity contribution in [1.82, 2.24) is 35.0 Å². The minimum atomic E-state index is -0.324. The van der Waals surface area contributed by atoms with E-state index in [1.54, 1.807) is 4.90 Å². The quantitative estimate of drug-likeness (QED) is 0.754. The third-order valence-corrected chi connectivity index (χ3v) is 4.44. The smallest absolute Gasteiger partial charge is 0.273 e. The molecule has 0 aliphatic heterocycles. The molecule has 9 nitrogen and oxygen atoms in total. The number of nitrogens with one attached hydrogen (secondary N) is 1. The summed E-state index contributed by atoms with van der Waals surface area (Å²) in [7, 11) is 0. The molecule has 26 heavy (non-hydrogen) atoms. The molecule has 9 heteroatoms. The minimum Gasteiger partial charge on any atom is -0.346 e. The number of rotatable bonds is 8. The average Bonchev–Trinajstić information content (AvgIpc) is 3.18. The standard InChI is InChI=1S/C17H27N7O2/c1-6-22(7-2)16(25)11-23-10-15(19-21-23)17(26)18-9-14-12(4)20-24(8-3)13(14)5/h10H,6-9,11H2,1-5H3,(H,18,26). The minimum absolute atomic E-state index is 0.0508. The molecular weight excluding hydrogens is 334 g/mol. The van der Waals surface area contributed by atoms with E-state index in [0.717, 1.165) is 23.5 Å². The molecule has 142 valence electrons. The van der Waals surface area contributed by atoms with E-state index < -0.39 is 0 Å². The van der Waals surface area contributed by atoms with E-state index in [4.69, 9.17) is 0 Å². The Morgan fingerprint density at radius 2 is 1.88 bits per heavy atom. The zero-order valence-corrected chi connectivity index (χ0v) is 16.1. The zero-order chi connectivity index (χ0) is 19.3. The lowest BCUT2D eigenvalue weighted by Crippen LogP contribution is -2.33. The number of amides is 2. The molecule has 0 fully saturated rings. The fraction of sp³-hybridized carbons (Fsp3) is 0.588. The Labute approximate surface area is 153 Å². The molecule has 2 rings (SSSR count). The second-order valence-electron chi connectivity index (χ2n) is 6.02. The zero-order valence-electron chi connectivity index (χ0n) is 16.1. The van der Waals surface area contributed by atoms with Crippen LogP contribution in [0.1, 0.15) is 48.2 Å². The van der Waals surface area contributed by atoms with Gasteiger partial charge >= 0.3 is 0 Å². The summed E-state index contributed by atoms with van der Waals surface area (Å²) in [6, 6.07) is 0. The van der Waals surface area contributed by atoms with Crippen LogP contribution < -0.4 is 5.32 Å². The van der Waals surface area contributed by atoms with Crippen LogP contribution in [0.15, 0.2) is 6.20 Å². The number of nitrogens with zero attached hydrogens (tertiary/aromatic N) is 6. The second-order valence-corrected chi connectivity index (χ2v) is 6.02. The van der Waals surface area contributed by atoms with Gasteiger partial charge in [-0.15, -0.1) is 5.10 Å². The van der Waals surface area contributed by atoms with Crippen molar-refractivity contribution < 1.29 is 9.59 Å². The van der Waals surface area contributed by atoms with Crippen molar-refractivity contribution in [2.24, 2.45) is 0 Å². The van der Waals surface area contributed by atoms with Gasteiger partial charge < -0.3 is 10.2 Å². The number of carbonyl (C=O) groups is 2. The highest BCUT2D eigenvalue weighted by Crippen LogP contribution is 2.12. The Morgan fingerprint density at radius 3 is 2.46 bits per heavy atom. The molecule has 0 bridgehead atoms. The van der Waals surface area contributed by atoms with Gasteiger partial charge in [-0.1, -0.05) is 5.21 Å². The van der Waals surface area contributed by atoms with Crippen molar-refractivity contribution in [1.29, 1.82) is 0 Å². The van der Waals surface area contributed by atoms with Crippen LogP contribution in [0.5, 0.6) is 0 Å². The number of aromatic nitrogens is 5. The summed E-state index contributed by atoms with van der Waals surface area (Å²) < 4.78 is 3.30. The molecule has 2 amide bonds. The Balaban J connectivity index is 1.98. The van der Waals surface area contributed by atoms with Crippen LogP contribution in [-0.4, -0.2) is 54.6 Å². The molecule has 0 spiro atoms. The van der Waals surface area contributed by atoms with Crippen LogP contribution in [0.25, 0.3) is 0 Å². The molecule has 0 aliphatic carbocycles. The number of hydrogen-bond acceptors (Lipinski definition) is 5.